The highest BCUT2D eigenvalue weighted by molar-refractivity contribution is 7.80. The third-order valence-electron chi connectivity index (χ3n) is 8.12. The van der Waals surface area contributed by atoms with Crippen molar-refractivity contribution in [3.05, 3.63) is 0 Å². The zero-order valence-electron chi connectivity index (χ0n) is 18.0. The number of amides is 1. The van der Waals surface area contributed by atoms with E-state index in [1.807, 2.05) is 13.1 Å². The summed E-state index contributed by atoms with van der Waals surface area (Å²) in [4.78, 5) is 17.2. The van der Waals surface area contributed by atoms with Crippen molar-refractivity contribution in [3.63, 3.8) is 0 Å². The number of hydrogen-bond donors (Lipinski definition) is 1. The first-order chi connectivity index (χ1) is 14.7. The summed E-state index contributed by atoms with van der Waals surface area (Å²) in [5, 5.41) is 12.9. The van der Waals surface area contributed by atoms with Gasteiger partial charge in [0.25, 0.3) is 5.91 Å². The maximum Gasteiger partial charge on any atom is 0.393 e. The average molecular weight is 457 g/mol. The Morgan fingerprint density at radius 3 is 2.32 bits per heavy atom. The van der Waals surface area contributed by atoms with Gasteiger partial charge in [0.2, 0.25) is 0 Å². The summed E-state index contributed by atoms with van der Waals surface area (Å²) in [7, 11) is 1.96. The van der Waals surface area contributed by atoms with E-state index in [0.29, 0.717) is 17.5 Å². The molecule has 4 aliphatic rings. The van der Waals surface area contributed by atoms with Crippen molar-refractivity contribution in [2.24, 2.45) is 17.8 Å². The molecular weight excluding hydrogens is 425 g/mol. The van der Waals surface area contributed by atoms with Crippen LogP contribution in [0.2, 0.25) is 0 Å². The van der Waals surface area contributed by atoms with Crippen LogP contribution >= 0.6 is 12.2 Å². The molecule has 5 nitrogen and oxygen atoms in total. The summed E-state index contributed by atoms with van der Waals surface area (Å²) >= 11 is 5.79. The normalized spacial score (nSPS) is 35.9. The molecule has 3 atom stereocenters. The topological polar surface area (TPSA) is 59.4 Å². The molecule has 4 fully saturated rings. The fourth-order valence-electron chi connectivity index (χ4n) is 6.30. The highest BCUT2D eigenvalue weighted by Crippen LogP contribution is 2.50. The van der Waals surface area contributed by atoms with E-state index < -0.39 is 29.6 Å². The number of carbonyl (C=O) groups is 1. The molecule has 3 saturated carbocycles. The Bertz CT molecular complexity index is 755. The number of nitriles is 1. The second-order valence-electron chi connectivity index (χ2n) is 9.80. The summed E-state index contributed by atoms with van der Waals surface area (Å²) in [6.07, 6.45) is 2.34. The maximum absolute atomic E-state index is 13.6. The number of nitrogens with zero attached hydrogens (tertiary/aromatic N) is 3. The first-order valence-corrected chi connectivity index (χ1v) is 11.9. The van der Waals surface area contributed by atoms with Crippen LogP contribution in [0.4, 0.5) is 13.2 Å². The van der Waals surface area contributed by atoms with E-state index in [-0.39, 0.29) is 24.8 Å². The Hall–Kier alpha value is -1.40. The fraction of sp³-hybridized carbons (Fsp3) is 0.864. The number of nitrogens with one attached hydrogen (secondary N) is 1. The van der Waals surface area contributed by atoms with Gasteiger partial charge in [0.05, 0.1) is 17.9 Å². The lowest BCUT2D eigenvalue weighted by molar-refractivity contribution is -0.195. The summed E-state index contributed by atoms with van der Waals surface area (Å²) in [6.45, 7) is 0.980. The molecule has 0 bridgehead atoms. The van der Waals surface area contributed by atoms with E-state index in [0.717, 1.165) is 51.5 Å². The van der Waals surface area contributed by atoms with Gasteiger partial charge in [-0.1, -0.05) is 0 Å². The van der Waals surface area contributed by atoms with Crippen molar-refractivity contribution in [1.29, 1.82) is 5.26 Å². The van der Waals surface area contributed by atoms with E-state index in [1.54, 1.807) is 0 Å². The predicted molar refractivity (Wildman–Crippen MR) is 114 cm³/mol. The number of halogens is 3. The lowest BCUT2D eigenvalue weighted by atomic mass is 9.72. The maximum atomic E-state index is 13.6. The van der Waals surface area contributed by atoms with Crippen molar-refractivity contribution in [2.75, 3.05) is 13.6 Å². The molecule has 3 aliphatic carbocycles. The van der Waals surface area contributed by atoms with E-state index in [9.17, 15) is 23.2 Å². The third-order valence-corrected chi connectivity index (χ3v) is 8.51. The van der Waals surface area contributed by atoms with Gasteiger partial charge in [-0.15, -0.1) is 0 Å². The Balaban J connectivity index is 1.54. The monoisotopic (exact) mass is 456 g/mol. The summed E-state index contributed by atoms with van der Waals surface area (Å²) in [5.74, 6) is -2.22. The van der Waals surface area contributed by atoms with Crippen LogP contribution in [-0.2, 0) is 4.79 Å². The Morgan fingerprint density at radius 2 is 1.81 bits per heavy atom. The van der Waals surface area contributed by atoms with Gasteiger partial charge in [0, 0.05) is 12.1 Å². The molecule has 0 aromatic carbocycles. The minimum Gasteiger partial charge on any atom is -0.331 e. The van der Waals surface area contributed by atoms with Gasteiger partial charge in [0.15, 0.2) is 5.11 Å². The van der Waals surface area contributed by atoms with Gasteiger partial charge in [-0.25, -0.2) is 0 Å². The van der Waals surface area contributed by atoms with Gasteiger partial charge in [-0.05, 0) is 95.9 Å². The molecule has 4 rings (SSSR count). The second kappa shape index (κ2) is 8.51. The Labute approximate surface area is 187 Å². The first-order valence-electron chi connectivity index (χ1n) is 11.5. The first kappa shape index (κ1) is 22.8. The molecule has 0 radical (unpaired) electrons. The van der Waals surface area contributed by atoms with Crippen molar-refractivity contribution < 1.29 is 18.0 Å². The van der Waals surface area contributed by atoms with Gasteiger partial charge < -0.3 is 10.2 Å². The van der Waals surface area contributed by atoms with Crippen LogP contribution in [0.1, 0.15) is 64.2 Å². The smallest absolute Gasteiger partial charge is 0.331 e. The lowest BCUT2D eigenvalue weighted by Crippen LogP contribution is -2.59. The Kier molecular flexibility index (Phi) is 6.25. The van der Waals surface area contributed by atoms with E-state index in [1.165, 1.54) is 4.90 Å². The molecule has 1 spiro atoms. The number of carbonyl (C=O) groups excluding carboxylic acids is 1. The molecule has 0 aromatic rings. The van der Waals surface area contributed by atoms with Gasteiger partial charge in [0.1, 0.15) is 5.54 Å². The van der Waals surface area contributed by atoms with Crippen molar-refractivity contribution in [3.8, 4) is 6.07 Å². The third kappa shape index (κ3) is 3.84. The molecule has 0 aromatic heterocycles. The van der Waals surface area contributed by atoms with Gasteiger partial charge in [-0.2, -0.15) is 18.4 Å². The van der Waals surface area contributed by atoms with Gasteiger partial charge in [-0.3, -0.25) is 9.69 Å². The molecule has 1 amide bonds. The van der Waals surface area contributed by atoms with Crippen molar-refractivity contribution in [2.45, 2.75) is 88.0 Å². The van der Waals surface area contributed by atoms with Crippen LogP contribution in [-0.4, -0.2) is 58.2 Å². The highest BCUT2D eigenvalue weighted by atomic mass is 32.1. The summed E-state index contributed by atoms with van der Waals surface area (Å²) < 4.78 is 40.9. The quantitative estimate of drug-likeness (QED) is 0.649. The molecule has 1 aliphatic heterocycles. The standard InChI is InChI=1S/C22H31F3N4OS/c1-27-13-14-3-6-16(7-4-14)29-20(31)28(19(30)21(29)9-2-10-21)17-8-5-15(12-26)18(11-17)22(23,24)25/h14-18,27H,2-11,13H2,1H3. The van der Waals surface area contributed by atoms with Crippen LogP contribution in [0.3, 0.4) is 0 Å². The minimum atomic E-state index is -4.44. The zero-order valence-corrected chi connectivity index (χ0v) is 18.8. The van der Waals surface area contributed by atoms with E-state index in [4.69, 9.17) is 12.2 Å². The predicted octanol–water partition coefficient (Wildman–Crippen LogP) is 3.99. The highest BCUT2D eigenvalue weighted by Gasteiger charge is 2.62. The number of thiocarbonyl (C=S) groups is 1. The number of alkyl halides is 3. The number of rotatable bonds is 4. The fourth-order valence-corrected chi connectivity index (χ4v) is 6.86. The van der Waals surface area contributed by atoms with Crippen molar-refractivity contribution >= 4 is 23.2 Å². The average Bonchev–Trinajstić information content (AvgIpc) is 2.94. The van der Waals surface area contributed by atoms with Crippen LogP contribution in [0.15, 0.2) is 0 Å². The van der Waals surface area contributed by atoms with Crippen LogP contribution in [0, 0.1) is 29.1 Å². The molecule has 1 saturated heterocycles. The van der Waals surface area contributed by atoms with Crippen LogP contribution in [0.5, 0.6) is 0 Å². The molecule has 9 heteroatoms. The molecule has 1 heterocycles. The zero-order chi connectivity index (χ0) is 22.4. The van der Waals surface area contributed by atoms with Crippen molar-refractivity contribution in [1.82, 2.24) is 15.1 Å². The molecular formula is C22H31F3N4OS. The summed E-state index contributed by atoms with van der Waals surface area (Å²) in [6, 6.07) is 1.45. The second-order valence-corrected chi connectivity index (χ2v) is 10.2. The minimum absolute atomic E-state index is 0.0950. The largest absolute Gasteiger partial charge is 0.393 e. The molecule has 1 N–H and O–H groups in total. The number of hydrogen-bond acceptors (Lipinski definition) is 4. The van der Waals surface area contributed by atoms with E-state index in [2.05, 4.69) is 10.2 Å². The molecule has 172 valence electrons. The van der Waals surface area contributed by atoms with E-state index >= 15 is 0 Å². The van der Waals surface area contributed by atoms with Gasteiger partial charge >= 0.3 is 6.18 Å². The van der Waals surface area contributed by atoms with Crippen LogP contribution in [0.25, 0.3) is 0 Å². The summed E-state index contributed by atoms with van der Waals surface area (Å²) in [5.41, 5.74) is -0.641. The molecule has 31 heavy (non-hydrogen) atoms. The Morgan fingerprint density at radius 1 is 1.16 bits per heavy atom. The lowest BCUT2D eigenvalue weighted by Gasteiger charge is -2.48. The molecule has 3 unspecified atom stereocenters. The SMILES string of the molecule is CNCC1CCC(N2C(=S)N(C3CCC(C#N)C(C(F)(F)F)C3)C(=O)C23CCC3)CC1. The van der Waals surface area contributed by atoms with Crippen LogP contribution < -0.4 is 5.32 Å².